The third-order valence-electron chi connectivity index (χ3n) is 2.89. The number of hydrogen-bond donors (Lipinski definition) is 0. The summed E-state index contributed by atoms with van der Waals surface area (Å²) in [6.07, 6.45) is -0.724. The van der Waals surface area contributed by atoms with Crippen LogP contribution >= 0.6 is 0 Å². The van der Waals surface area contributed by atoms with Gasteiger partial charge in [-0.05, 0) is 6.07 Å². The number of hydrogen-bond acceptors (Lipinski definition) is 8. The molecule has 0 aliphatic heterocycles. The summed E-state index contributed by atoms with van der Waals surface area (Å²) in [5.41, 5.74) is 0.0156. The average molecular weight is 388 g/mol. The number of carboxylic acids is 2. The number of ether oxygens (including phenoxy) is 1. The first kappa shape index (κ1) is 26.7. The van der Waals surface area contributed by atoms with Crippen molar-refractivity contribution in [1.82, 2.24) is 0 Å². The Morgan fingerprint density at radius 3 is 2.00 bits per heavy atom. The summed E-state index contributed by atoms with van der Waals surface area (Å²) < 4.78 is 5.08. The molecule has 0 amide bonds. The molecule has 0 aromatic heterocycles. The van der Waals surface area contributed by atoms with Crippen molar-refractivity contribution in [2.24, 2.45) is 0 Å². The number of aliphatic carboxylic acids is 2. The molecule has 120 valence electrons. The van der Waals surface area contributed by atoms with Crippen LogP contribution in [0.15, 0.2) is 18.2 Å². The smallest absolute Gasteiger partial charge is 0.550 e. The first-order chi connectivity index (χ1) is 10.3. The van der Waals surface area contributed by atoms with E-state index in [1.54, 1.807) is 0 Å². The van der Waals surface area contributed by atoms with Gasteiger partial charge in [0, 0.05) is 50.0 Å². The molecule has 0 saturated carbocycles. The van der Waals surface area contributed by atoms with E-state index < -0.39 is 16.9 Å². The number of non-ortho nitro benzene ring substituents is 1. The molecule has 0 N–H and O–H groups in total. The van der Waals surface area contributed by atoms with Gasteiger partial charge in [-0.25, -0.2) is 0 Å². The fourth-order valence-corrected chi connectivity index (χ4v) is 1.84. The molecule has 0 unspecified atom stereocenters. The van der Waals surface area contributed by atoms with Gasteiger partial charge in [0.1, 0.15) is 5.75 Å². The predicted octanol–water partition coefficient (Wildman–Crippen LogP) is -7.30. The molecule has 0 atom stereocenters. The van der Waals surface area contributed by atoms with Crippen molar-refractivity contribution in [3.8, 4) is 5.75 Å². The van der Waals surface area contributed by atoms with Gasteiger partial charge in [-0.2, -0.15) is 0 Å². The monoisotopic (exact) mass is 388 g/mol. The standard InChI is InChI=1S/C13H16N2O7.2K/c1-22-11-3-2-9(15(20)21)8-10(11)14(6-4-12(16)17)7-5-13(18)19;;/h2-3,8H,4-7H2,1H3,(H,16,17)(H,18,19);;/q;2*+1/p-2. The molecule has 0 fully saturated rings. The number of carbonyl (C=O) groups excluding carboxylic acids is 2. The van der Waals surface area contributed by atoms with Crippen molar-refractivity contribution in [2.75, 3.05) is 25.1 Å². The van der Waals surface area contributed by atoms with E-state index in [0.29, 0.717) is 0 Å². The van der Waals surface area contributed by atoms with Crippen LogP contribution in [0.2, 0.25) is 0 Å². The maximum Gasteiger partial charge on any atom is 1.00 e. The van der Waals surface area contributed by atoms with E-state index in [1.165, 1.54) is 30.2 Å². The fourth-order valence-electron chi connectivity index (χ4n) is 1.84. The SMILES string of the molecule is COc1ccc([N+](=O)[O-])cc1N(CCC(=O)[O-])CCC(=O)[O-].[K+].[K+]. The van der Waals surface area contributed by atoms with Crippen LogP contribution in [0.1, 0.15) is 12.8 Å². The van der Waals surface area contributed by atoms with Gasteiger partial charge in [-0.1, -0.05) is 0 Å². The van der Waals surface area contributed by atoms with Crippen LogP contribution in [0.4, 0.5) is 11.4 Å². The Morgan fingerprint density at radius 1 is 1.12 bits per heavy atom. The van der Waals surface area contributed by atoms with Gasteiger partial charge < -0.3 is 29.4 Å². The largest absolute Gasteiger partial charge is 1.00 e. The van der Waals surface area contributed by atoms with Crippen LogP contribution in [-0.2, 0) is 9.59 Å². The zero-order valence-corrected chi connectivity index (χ0v) is 20.1. The van der Waals surface area contributed by atoms with Crippen molar-refractivity contribution in [1.29, 1.82) is 0 Å². The third-order valence-corrected chi connectivity index (χ3v) is 2.89. The van der Waals surface area contributed by atoms with Gasteiger partial charge in [0.25, 0.3) is 5.69 Å². The Hall–Kier alpha value is 0.433. The number of nitro benzene ring substituents is 1. The molecule has 24 heavy (non-hydrogen) atoms. The summed E-state index contributed by atoms with van der Waals surface area (Å²) in [7, 11) is 1.35. The van der Waals surface area contributed by atoms with Crippen LogP contribution in [-0.4, -0.2) is 37.1 Å². The third kappa shape index (κ3) is 9.22. The van der Waals surface area contributed by atoms with Crippen molar-refractivity contribution in [3.63, 3.8) is 0 Å². The second kappa shape index (κ2) is 13.6. The van der Waals surface area contributed by atoms with Crippen molar-refractivity contribution < 1.29 is 132 Å². The molecule has 11 heteroatoms. The van der Waals surface area contributed by atoms with Crippen molar-refractivity contribution >= 4 is 23.3 Å². The summed E-state index contributed by atoms with van der Waals surface area (Å²) >= 11 is 0. The molecule has 0 spiro atoms. The van der Waals surface area contributed by atoms with Gasteiger partial charge in [0.2, 0.25) is 0 Å². The molecule has 1 aromatic rings. The molecule has 1 aromatic carbocycles. The minimum Gasteiger partial charge on any atom is -0.550 e. The number of rotatable bonds is 9. The van der Waals surface area contributed by atoms with Crippen LogP contribution < -0.4 is 123 Å². The quantitative estimate of drug-likeness (QED) is 0.231. The zero-order chi connectivity index (χ0) is 16.7. The van der Waals surface area contributed by atoms with Gasteiger partial charge in [-0.15, -0.1) is 0 Å². The molecule has 9 nitrogen and oxygen atoms in total. The average Bonchev–Trinajstić information content (AvgIpc) is 2.46. The van der Waals surface area contributed by atoms with Gasteiger partial charge in [0.05, 0.1) is 17.7 Å². The Bertz CT molecular complexity index is 565. The molecule has 0 saturated heterocycles. The van der Waals surface area contributed by atoms with Crippen LogP contribution in [0.3, 0.4) is 0 Å². The minimum absolute atomic E-state index is 0. The molecule has 0 aliphatic carbocycles. The van der Waals surface area contributed by atoms with Crippen LogP contribution in [0.5, 0.6) is 5.75 Å². The Kier molecular flexibility index (Phi) is 15.1. The number of nitro groups is 1. The number of benzene rings is 1. The minimum atomic E-state index is -1.32. The summed E-state index contributed by atoms with van der Waals surface area (Å²) in [5, 5.41) is 32.0. The summed E-state index contributed by atoms with van der Waals surface area (Å²) in [5.74, 6) is -2.37. The molecule has 0 aliphatic rings. The first-order valence-corrected chi connectivity index (χ1v) is 6.32. The van der Waals surface area contributed by atoms with Gasteiger partial charge in [-0.3, -0.25) is 10.1 Å². The van der Waals surface area contributed by atoms with E-state index in [1.807, 2.05) is 0 Å². The molecular weight excluding hydrogens is 374 g/mol. The molecule has 1 rings (SSSR count). The molecular formula is C13H14K2N2O7. The topological polar surface area (TPSA) is 136 Å². The number of carboxylic acid groups (broad SMARTS) is 2. The van der Waals surface area contributed by atoms with E-state index in [-0.39, 0.29) is 146 Å². The van der Waals surface area contributed by atoms with E-state index in [0.717, 1.165) is 0 Å². The van der Waals surface area contributed by atoms with Crippen molar-refractivity contribution in [3.05, 3.63) is 28.3 Å². The van der Waals surface area contributed by atoms with Gasteiger partial charge >= 0.3 is 103 Å². The molecule has 0 radical (unpaired) electrons. The number of carbonyl (C=O) groups is 2. The maximum absolute atomic E-state index is 10.8. The van der Waals surface area contributed by atoms with E-state index >= 15 is 0 Å². The molecule has 0 bridgehead atoms. The number of methoxy groups -OCH3 is 1. The predicted molar refractivity (Wildman–Crippen MR) is 71.1 cm³/mol. The van der Waals surface area contributed by atoms with Crippen molar-refractivity contribution in [2.45, 2.75) is 12.8 Å². The summed E-state index contributed by atoms with van der Waals surface area (Å²) in [4.78, 5) is 32.8. The Labute approximate surface area is 223 Å². The summed E-state index contributed by atoms with van der Waals surface area (Å²) in [6.45, 7) is -0.152. The van der Waals surface area contributed by atoms with Gasteiger partial charge in [0.15, 0.2) is 0 Å². The van der Waals surface area contributed by atoms with Crippen LogP contribution in [0, 0.1) is 10.1 Å². The Morgan fingerprint density at radius 2 is 1.62 bits per heavy atom. The second-order valence-electron chi connectivity index (χ2n) is 4.34. The van der Waals surface area contributed by atoms with E-state index in [9.17, 15) is 29.9 Å². The maximum atomic E-state index is 10.8. The van der Waals surface area contributed by atoms with E-state index in [4.69, 9.17) is 4.74 Å². The number of anilines is 1. The molecule has 0 heterocycles. The Balaban J connectivity index is 0. The fraction of sp³-hybridized carbons (Fsp3) is 0.385. The normalized spacial score (nSPS) is 9.21. The second-order valence-corrected chi connectivity index (χ2v) is 4.34. The zero-order valence-electron chi connectivity index (χ0n) is 13.8. The number of nitrogens with zero attached hydrogens (tertiary/aromatic N) is 2. The van der Waals surface area contributed by atoms with E-state index in [2.05, 4.69) is 0 Å². The van der Waals surface area contributed by atoms with Crippen LogP contribution in [0.25, 0.3) is 0 Å². The first-order valence-electron chi connectivity index (χ1n) is 6.32. The summed E-state index contributed by atoms with van der Waals surface area (Å²) in [6, 6.07) is 3.79.